The summed E-state index contributed by atoms with van der Waals surface area (Å²) in [4.78, 5) is 14.2. The molecular weight excluding hydrogens is 318 g/mol. The molecule has 130 valence electrons. The zero-order chi connectivity index (χ0) is 17.5. The number of aromatic nitrogens is 3. The van der Waals surface area contributed by atoms with Crippen LogP contribution in [0.5, 0.6) is 0 Å². The molecule has 3 aromatic rings. The highest BCUT2D eigenvalue weighted by molar-refractivity contribution is 5.92. The van der Waals surface area contributed by atoms with Crippen molar-refractivity contribution in [3.8, 4) is 0 Å². The molecule has 3 rings (SSSR count). The summed E-state index contributed by atoms with van der Waals surface area (Å²) >= 11 is 0. The first kappa shape index (κ1) is 16.9. The van der Waals surface area contributed by atoms with E-state index in [-0.39, 0.29) is 5.91 Å². The molecular formula is C18H21N5O2. The summed E-state index contributed by atoms with van der Waals surface area (Å²) in [5, 5.41) is 13.3. The second-order valence-corrected chi connectivity index (χ2v) is 5.95. The van der Waals surface area contributed by atoms with Gasteiger partial charge in [0.2, 0.25) is 0 Å². The number of benzene rings is 1. The van der Waals surface area contributed by atoms with Gasteiger partial charge in [0.15, 0.2) is 11.5 Å². The molecule has 0 aliphatic rings. The monoisotopic (exact) mass is 339 g/mol. The molecule has 0 spiro atoms. The highest BCUT2D eigenvalue weighted by Crippen LogP contribution is 2.09. The Morgan fingerprint density at radius 1 is 1.24 bits per heavy atom. The van der Waals surface area contributed by atoms with Crippen LogP contribution in [0, 0.1) is 0 Å². The summed E-state index contributed by atoms with van der Waals surface area (Å²) in [7, 11) is 2.00. The normalized spacial score (nSPS) is 11.0. The van der Waals surface area contributed by atoms with Crippen LogP contribution in [-0.2, 0) is 19.5 Å². The lowest BCUT2D eigenvalue weighted by molar-refractivity contribution is 0.0945. The lowest BCUT2D eigenvalue weighted by Gasteiger charge is -2.14. The van der Waals surface area contributed by atoms with Crippen LogP contribution in [0.15, 0.2) is 53.3 Å². The second-order valence-electron chi connectivity index (χ2n) is 5.95. The van der Waals surface area contributed by atoms with Crippen molar-refractivity contribution in [2.45, 2.75) is 19.5 Å². The largest absolute Gasteiger partial charge is 0.359 e. The van der Waals surface area contributed by atoms with Gasteiger partial charge in [-0.25, -0.2) is 0 Å². The van der Waals surface area contributed by atoms with Crippen molar-refractivity contribution in [1.82, 2.24) is 25.6 Å². The fraction of sp³-hybridized carbons (Fsp3) is 0.278. The van der Waals surface area contributed by atoms with Crippen molar-refractivity contribution in [2.75, 3.05) is 13.6 Å². The Balaban J connectivity index is 1.47. The number of amides is 1. The third-order valence-corrected chi connectivity index (χ3v) is 3.77. The Kier molecular flexibility index (Phi) is 5.58. The van der Waals surface area contributed by atoms with Gasteiger partial charge in [-0.1, -0.05) is 35.5 Å². The van der Waals surface area contributed by atoms with E-state index in [2.05, 4.69) is 37.7 Å². The number of carbonyl (C=O) groups excluding carboxylic acids is 1. The van der Waals surface area contributed by atoms with Crippen LogP contribution in [0.25, 0.3) is 0 Å². The Bertz CT molecular complexity index is 783. The van der Waals surface area contributed by atoms with E-state index < -0.39 is 0 Å². The van der Waals surface area contributed by atoms with E-state index in [0.717, 1.165) is 12.1 Å². The predicted octanol–water partition coefficient (Wildman–Crippen LogP) is 2.00. The molecule has 1 amide bonds. The van der Waals surface area contributed by atoms with Crippen LogP contribution in [0.2, 0.25) is 0 Å². The molecule has 1 aromatic carbocycles. The molecule has 2 aromatic heterocycles. The van der Waals surface area contributed by atoms with Crippen molar-refractivity contribution in [3.63, 3.8) is 0 Å². The second kappa shape index (κ2) is 8.25. The summed E-state index contributed by atoms with van der Waals surface area (Å²) < 4.78 is 5.28. The lowest BCUT2D eigenvalue weighted by Crippen LogP contribution is -2.25. The van der Waals surface area contributed by atoms with Crippen LogP contribution >= 0.6 is 0 Å². The maximum atomic E-state index is 12.1. The van der Waals surface area contributed by atoms with E-state index in [0.29, 0.717) is 31.0 Å². The van der Waals surface area contributed by atoms with Gasteiger partial charge >= 0.3 is 0 Å². The fourth-order valence-electron chi connectivity index (χ4n) is 2.54. The zero-order valence-electron chi connectivity index (χ0n) is 14.1. The first-order valence-electron chi connectivity index (χ1n) is 8.14. The van der Waals surface area contributed by atoms with Crippen molar-refractivity contribution >= 4 is 5.91 Å². The average molecular weight is 339 g/mol. The number of rotatable bonds is 8. The minimum Gasteiger partial charge on any atom is -0.359 e. The molecule has 0 aliphatic heterocycles. The summed E-state index contributed by atoms with van der Waals surface area (Å²) in [6.45, 7) is 1.91. The van der Waals surface area contributed by atoms with Gasteiger partial charge in [-0.2, -0.15) is 5.10 Å². The molecule has 0 fully saturated rings. The summed E-state index contributed by atoms with van der Waals surface area (Å²) in [5.41, 5.74) is 2.57. The maximum Gasteiger partial charge on any atom is 0.273 e. The fourth-order valence-corrected chi connectivity index (χ4v) is 2.54. The van der Waals surface area contributed by atoms with Crippen molar-refractivity contribution < 1.29 is 9.32 Å². The van der Waals surface area contributed by atoms with Crippen molar-refractivity contribution in [1.29, 1.82) is 0 Å². The number of H-pyrrole nitrogens is 1. The molecule has 7 heteroatoms. The smallest absolute Gasteiger partial charge is 0.273 e. The van der Waals surface area contributed by atoms with E-state index in [9.17, 15) is 4.79 Å². The number of hydrogen-bond donors (Lipinski definition) is 2. The molecule has 0 unspecified atom stereocenters. The topological polar surface area (TPSA) is 87.0 Å². The molecule has 7 nitrogen and oxygen atoms in total. The van der Waals surface area contributed by atoms with Crippen LogP contribution in [-0.4, -0.2) is 39.8 Å². The summed E-state index contributed by atoms with van der Waals surface area (Å²) in [5.74, 6) is 0.433. The van der Waals surface area contributed by atoms with Gasteiger partial charge < -0.3 is 9.84 Å². The van der Waals surface area contributed by atoms with Crippen LogP contribution in [0.4, 0.5) is 0 Å². The maximum absolute atomic E-state index is 12.1. The molecule has 0 atom stereocenters. The van der Waals surface area contributed by atoms with Gasteiger partial charge in [0.1, 0.15) is 0 Å². The van der Waals surface area contributed by atoms with Gasteiger partial charge in [-0.15, -0.1) is 0 Å². The third-order valence-electron chi connectivity index (χ3n) is 3.77. The van der Waals surface area contributed by atoms with E-state index in [1.807, 2.05) is 31.4 Å². The Hall–Kier alpha value is -2.93. The highest BCUT2D eigenvalue weighted by atomic mass is 16.5. The molecule has 0 saturated heterocycles. The van der Waals surface area contributed by atoms with E-state index >= 15 is 0 Å². The Labute approximate surface area is 146 Å². The van der Waals surface area contributed by atoms with Crippen LogP contribution < -0.4 is 5.32 Å². The predicted molar refractivity (Wildman–Crippen MR) is 92.7 cm³/mol. The Morgan fingerprint density at radius 2 is 2.08 bits per heavy atom. The van der Waals surface area contributed by atoms with E-state index in [1.54, 1.807) is 12.3 Å². The quantitative estimate of drug-likeness (QED) is 0.655. The average Bonchev–Trinajstić information content (AvgIpc) is 3.27. The summed E-state index contributed by atoms with van der Waals surface area (Å²) in [6.07, 6.45) is 4.26. The molecule has 0 bridgehead atoms. The number of nitrogens with zero attached hydrogens (tertiary/aromatic N) is 3. The van der Waals surface area contributed by atoms with Gasteiger partial charge in [-0.05, 0) is 24.6 Å². The standard InChI is InChI=1S/C18H21N5O2/c1-23(12-14-5-3-2-4-6-14)13-16-9-17(22-25-16)18(24)19-8-7-15-10-20-21-11-15/h2-6,9-11H,7-8,12-13H2,1H3,(H,19,24)(H,20,21). The molecule has 0 aliphatic carbocycles. The van der Waals surface area contributed by atoms with Crippen molar-refractivity contribution in [3.05, 3.63) is 71.4 Å². The molecule has 25 heavy (non-hydrogen) atoms. The van der Waals surface area contributed by atoms with E-state index in [4.69, 9.17) is 4.52 Å². The SMILES string of the molecule is CN(Cc1ccccc1)Cc1cc(C(=O)NCCc2cn[nH]c2)no1. The van der Waals surface area contributed by atoms with Crippen LogP contribution in [0.3, 0.4) is 0 Å². The van der Waals surface area contributed by atoms with Gasteiger partial charge in [0.25, 0.3) is 5.91 Å². The molecule has 2 N–H and O–H groups in total. The third kappa shape index (κ3) is 5.02. The van der Waals surface area contributed by atoms with E-state index in [1.165, 1.54) is 5.56 Å². The minimum atomic E-state index is -0.232. The number of nitrogens with one attached hydrogen (secondary N) is 2. The summed E-state index contributed by atoms with van der Waals surface area (Å²) in [6, 6.07) is 11.9. The number of carbonyl (C=O) groups is 1. The zero-order valence-corrected chi connectivity index (χ0v) is 14.1. The first-order chi connectivity index (χ1) is 12.2. The number of hydrogen-bond acceptors (Lipinski definition) is 5. The van der Waals surface area contributed by atoms with Gasteiger partial charge in [0.05, 0.1) is 12.7 Å². The van der Waals surface area contributed by atoms with Gasteiger partial charge in [0, 0.05) is 25.4 Å². The van der Waals surface area contributed by atoms with Crippen molar-refractivity contribution in [2.24, 2.45) is 0 Å². The first-order valence-corrected chi connectivity index (χ1v) is 8.14. The highest BCUT2D eigenvalue weighted by Gasteiger charge is 2.13. The van der Waals surface area contributed by atoms with Gasteiger partial charge in [-0.3, -0.25) is 14.8 Å². The lowest BCUT2D eigenvalue weighted by atomic mass is 10.2. The van der Waals surface area contributed by atoms with Crippen LogP contribution in [0.1, 0.15) is 27.4 Å². The minimum absolute atomic E-state index is 0.232. The number of aromatic amines is 1. The Morgan fingerprint density at radius 3 is 2.84 bits per heavy atom. The molecule has 0 saturated carbocycles. The molecule has 2 heterocycles. The molecule has 0 radical (unpaired) electrons.